The van der Waals surface area contributed by atoms with Crippen molar-refractivity contribution in [3.05, 3.63) is 55.8 Å². The highest BCUT2D eigenvalue weighted by atomic mass is 19.4. The number of hydrogen-bond donors (Lipinski definition) is 2. The van der Waals surface area contributed by atoms with Gasteiger partial charge < -0.3 is 15.4 Å². The van der Waals surface area contributed by atoms with Gasteiger partial charge in [0, 0.05) is 13.2 Å². The first-order chi connectivity index (χ1) is 13.3. The van der Waals surface area contributed by atoms with Crippen LogP contribution in [-0.2, 0) is 17.5 Å². The van der Waals surface area contributed by atoms with Crippen LogP contribution in [0, 0.1) is 0 Å². The second kappa shape index (κ2) is 6.92. The van der Waals surface area contributed by atoms with Crippen LogP contribution in [0.3, 0.4) is 0 Å². The van der Waals surface area contributed by atoms with Gasteiger partial charge in [-0.25, -0.2) is 0 Å². The first-order valence-electron chi connectivity index (χ1n) is 9.45. The zero-order valence-electron chi connectivity index (χ0n) is 15.2. The van der Waals surface area contributed by atoms with Gasteiger partial charge in [0.2, 0.25) is 0 Å². The lowest BCUT2D eigenvalue weighted by molar-refractivity contribution is -0.138. The van der Waals surface area contributed by atoms with E-state index in [-0.39, 0.29) is 35.1 Å². The molecule has 0 aromatic heterocycles. The summed E-state index contributed by atoms with van der Waals surface area (Å²) >= 11 is 0. The van der Waals surface area contributed by atoms with E-state index in [9.17, 15) is 22.8 Å². The molecular weight excluding hydrogens is 373 g/mol. The Morgan fingerprint density at radius 2 is 1.79 bits per heavy atom. The number of ether oxygens (including phenoxy) is 1. The van der Waals surface area contributed by atoms with Crippen molar-refractivity contribution < 1.29 is 17.9 Å². The molecule has 8 heteroatoms. The lowest BCUT2D eigenvalue weighted by Gasteiger charge is -2.32. The van der Waals surface area contributed by atoms with Gasteiger partial charge in [-0.15, -0.1) is 0 Å². The molecule has 0 radical (unpaired) electrons. The molecule has 0 bridgehead atoms. The van der Waals surface area contributed by atoms with Crippen LogP contribution in [0.4, 0.5) is 24.5 Å². The van der Waals surface area contributed by atoms with Crippen LogP contribution in [0.5, 0.6) is 0 Å². The molecule has 1 heterocycles. The number of anilines is 2. The van der Waals surface area contributed by atoms with Crippen molar-refractivity contribution in [2.24, 2.45) is 0 Å². The van der Waals surface area contributed by atoms with Gasteiger partial charge in [0.1, 0.15) is 11.4 Å². The van der Waals surface area contributed by atoms with Gasteiger partial charge >= 0.3 is 6.18 Å². The number of rotatable bonds is 5. The summed E-state index contributed by atoms with van der Waals surface area (Å²) in [5, 5.41) is 5.90. The molecule has 150 valence electrons. The zero-order chi connectivity index (χ0) is 19.9. The predicted molar refractivity (Wildman–Crippen MR) is 99.3 cm³/mol. The van der Waals surface area contributed by atoms with Crippen molar-refractivity contribution in [1.82, 2.24) is 0 Å². The quantitative estimate of drug-likeness (QED) is 0.761. The number of benzene rings is 1. The number of halogens is 3. The molecule has 1 aliphatic heterocycles. The van der Waals surface area contributed by atoms with E-state index in [1.165, 1.54) is 18.2 Å². The Kier molecular flexibility index (Phi) is 4.69. The highest BCUT2D eigenvalue weighted by Gasteiger charge is 2.47. The molecule has 2 aliphatic rings. The van der Waals surface area contributed by atoms with E-state index in [1.807, 2.05) is 0 Å². The van der Waals surface area contributed by atoms with Crippen molar-refractivity contribution in [3.63, 3.8) is 0 Å². The third-order valence-corrected chi connectivity index (χ3v) is 5.87. The van der Waals surface area contributed by atoms with E-state index < -0.39 is 22.6 Å². The lowest BCUT2D eigenvalue weighted by Crippen LogP contribution is -2.46. The van der Waals surface area contributed by atoms with Crippen molar-refractivity contribution in [2.75, 3.05) is 17.2 Å². The van der Waals surface area contributed by atoms with Gasteiger partial charge in [0.25, 0.3) is 10.9 Å². The SMILES string of the molecule is O=c1c(NCc2ccccc2C(F)(F)F)c(NC2CCCC23CCCO3)c1=O. The molecule has 2 N–H and O–H groups in total. The van der Waals surface area contributed by atoms with Crippen molar-refractivity contribution in [3.8, 4) is 0 Å². The number of nitrogens with one attached hydrogen (secondary N) is 2. The molecule has 1 aliphatic carbocycles. The van der Waals surface area contributed by atoms with E-state index in [2.05, 4.69) is 10.6 Å². The van der Waals surface area contributed by atoms with Gasteiger partial charge in [0.05, 0.1) is 17.2 Å². The van der Waals surface area contributed by atoms with Gasteiger partial charge in [0.15, 0.2) is 0 Å². The Morgan fingerprint density at radius 1 is 1.07 bits per heavy atom. The molecule has 2 aromatic rings. The van der Waals surface area contributed by atoms with Crippen molar-refractivity contribution in [2.45, 2.75) is 56.5 Å². The molecule has 2 atom stereocenters. The highest BCUT2D eigenvalue weighted by molar-refractivity contribution is 5.74. The van der Waals surface area contributed by atoms with Crippen LogP contribution < -0.4 is 21.5 Å². The van der Waals surface area contributed by atoms with E-state index in [1.54, 1.807) is 0 Å². The number of hydrogen-bond acceptors (Lipinski definition) is 5. The average molecular weight is 394 g/mol. The largest absolute Gasteiger partial charge is 0.416 e. The van der Waals surface area contributed by atoms with Crippen LogP contribution >= 0.6 is 0 Å². The highest BCUT2D eigenvalue weighted by Crippen LogP contribution is 2.42. The molecule has 1 saturated carbocycles. The molecule has 4 rings (SSSR count). The second-order valence-electron chi connectivity index (χ2n) is 7.52. The summed E-state index contributed by atoms with van der Waals surface area (Å²) < 4.78 is 45.3. The summed E-state index contributed by atoms with van der Waals surface area (Å²) in [4.78, 5) is 24.1. The van der Waals surface area contributed by atoms with Crippen LogP contribution in [0.1, 0.15) is 43.2 Å². The third-order valence-electron chi connectivity index (χ3n) is 5.87. The minimum Gasteiger partial charge on any atom is -0.376 e. The fourth-order valence-corrected chi connectivity index (χ4v) is 4.44. The standard InChI is InChI=1S/C20H21F3N2O3/c21-20(22,23)13-6-2-1-5-12(13)11-24-15-16(18(27)17(15)26)25-14-7-3-8-19(14)9-4-10-28-19/h1-2,5-6,14,24-25H,3-4,7-11H2. The van der Waals surface area contributed by atoms with Gasteiger partial charge in [-0.05, 0) is 43.7 Å². The van der Waals surface area contributed by atoms with Crippen LogP contribution in [-0.4, -0.2) is 18.2 Å². The van der Waals surface area contributed by atoms with E-state index in [0.717, 1.165) is 38.2 Å². The maximum Gasteiger partial charge on any atom is 0.416 e. The Labute approximate surface area is 159 Å². The van der Waals surface area contributed by atoms with E-state index >= 15 is 0 Å². The fourth-order valence-electron chi connectivity index (χ4n) is 4.44. The average Bonchev–Trinajstić information content (AvgIpc) is 3.30. The van der Waals surface area contributed by atoms with Crippen LogP contribution in [0.2, 0.25) is 0 Å². The molecule has 2 aromatic carbocycles. The maximum atomic E-state index is 13.1. The molecule has 1 spiro atoms. The normalized spacial score (nSPS) is 24.9. The summed E-state index contributed by atoms with van der Waals surface area (Å²) in [6.45, 7) is 0.491. The lowest BCUT2D eigenvalue weighted by atomic mass is 9.93. The number of alkyl halides is 3. The van der Waals surface area contributed by atoms with Gasteiger partial charge in [-0.3, -0.25) is 9.59 Å². The summed E-state index contributed by atoms with van der Waals surface area (Å²) in [6.07, 6.45) is 0.0836. The first-order valence-corrected chi connectivity index (χ1v) is 9.45. The molecule has 2 fully saturated rings. The topological polar surface area (TPSA) is 67.4 Å². The van der Waals surface area contributed by atoms with Gasteiger partial charge in [-0.1, -0.05) is 18.2 Å². The third kappa shape index (κ3) is 3.19. The summed E-state index contributed by atoms with van der Waals surface area (Å²) in [7, 11) is 0. The zero-order valence-corrected chi connectivity index (χ0v) is 15.2. The molecule has 1 saturated heterocycles. The molecule has 2 unspecified atom stereocenters. The van der Waals surface area contributed by atoms with E-state index in [0.29, 0.717) is 6.61 Å². The summed E-state index contributed by atoms with van der Waals surface area (Å²) in [5.41, 5.74) is -2.16. The summed E-state index contributed by atoms with van der Waals surface area (Å²) in [5.74, 6) is 0. The Balaban J connectivity index is 1.52. The first kappa shape index (κ1) is 19.0. The van der Waals surface area contributed by atoms with Gasteiger partial charge in [-0.2, -0.15) is 13.2 Å². The van der Waals surface area contributed by atoms with E-state index in [4.69, 9.17) is 4.74 Å². The molecular formula is C20H21F3N2O3. The van der Waals surface area contributed by atoms with Crippen LogP contribution in [0.15, 0.2) is 33.9 Å². The molecule has 0 amide bonds. The molecule has 28 heavy (non-hydrogen) atoms. The van der Waals surface area contributed by atoms with Crippen LogP contribution in [0.25, 0.3) is 0 Å². The minimum atomic E-state index is -4.48. The smallest absolute Gasteiger partial charge is 0.376 e. The minimum absolute atomic E-state index is 0.0189. The maximum absolute atomic E-state index is 13.1. The Morgan fingerprint density at radius 3 is 2.50 bits per heavy atom. The Bertz CT molecular complexity index is 936. The van der Waals surface area contributed by atoms with Crippen molar-refractivity contribution in [1.29, 1.82) is 0 Å². The van der Waals surface area contributed by atoms with Crippen molar-refractivity contribution >= 4 is 11.4 Å². The Hall–Kier alpha value is -2.35. The summed E-state index contributed by atoms with van der Waals surface area (Å²) in [6, 6.07) is 5.11. The fraction of sp³-hybridized carbons (Fsp3) is 0.500. The molecule has 5 nitrogen and oxygen atoms in total. The monoisotopic (exact) mass is 394 g/mol. The second-order valence-corrected chi connectivity index (χ2v) is 7.52. The predicted octanol–water partition coefficient (Wildman–Crippen LogP) is 3.43.